The summed E-state index contributed by atoms with van der Waals surface area (Å²) in [5, 5.41) is 0. The number of nitrogens with zero attached hydrogens (tertiary/aromatic N) is 2. The lowest BCUT2D eigenvalue weighted by molar-refractivity contribution is 0.0521. The van der Waals surface area contributed by atoms with Gasteiger partial charge in [0, 0.05) is 0 Å². The van der Waals surface area contributed by atoms with E-state index < -0.39 is 5.97 Å². The van der Waals surface area contributed by atoms with Crippen molar-refractivity contribution in [3.05, 3.63) is 40.8 Å². The normalized spacial score (nSPS) is 10.7. The predicted molar refractivity (Wildman–Crippen MR) is 82.8 cm³/mol. The van der Waals surface area contributed by atoms with E-state index in [1.807, 2.05) is 30.5 Å². The van der Waals surface area contributed by atoms with Crippen LogP contribution in [0.4, 0.5) is 5.82 Å². The summed E-state index contributed by atoms with van der Waals surface area (Å²) in [5.41, 5.74) is 9.60. The molecule has 0 radical (unpaired) electrons. The zero-order chi connectivity index (χ0) is 15.6. The first-order chi connectivity index (χ1) is 10.0. The van der Waals surface area contributed by atoms with Gasteiger partial charge < -0.3 is 10.5 Å². The first kappa shape index (κ1) is 15.1. The second-order valence-corrected chi connectivity index (χ2v) is 4.88. The minimum atomic E-state index is -0.483. The van der Waals surface area contributed by atoms with Crippen LogP contribution in [0.25, 0.3) is 5.69 Å². The maximum absolute atomic E-state index is 11.9. The number of carbonyl (C=O) groups excluding carboxylic acids is 1. The molecule has 0 bridgehead atoms. The first-order valence-corrected chi connectivity index (χ1v) is 7.12. The number of hydrogen-bond donors (Lipinski definition) is 1. The Morgan fingerprint density at radius 1 is 1.33 bits per heavy atom. The number of nitrogens with two attached hydrogens (primary N) is 1. The number of nitrogen functional groups attached to an aromatic ring is 1. The van der Waals surface area contributed by atoms with Crippen LogP contribution in [0.5, 0.6) is 0 Å². The highest BCUT2D eigenvalue weighted by Gasteiger charge is 2.22. The Labute approximate surface area is 124 Å². The van der Waals surface area contributed by atoms with E-state index in [2.05, 4.69) is 18.0 Å². The molecular formula is C16H21N3O2. The molecule has 5 nitrogen and oxygen atoms in total. The average molecular weight is 287 g/mol. The number of rotatable bonds is 4. The molecule has 5 heteroatoms. The number of esters is 1. The van der Waals surface area contributed by atoms with Crippen LogP contribution in [0.3, 0.4) is 0 Å². The van der Waals surface area contributed by atoms with Gasteiger partial charge in [0.05, 0.1) is 12.3 Å². The Bertz CT molecular complexity index is 674. The van der Waals surface area contributed by atoms with Gasteiger partial charge in [0.25, 0.3) is 0 Å². The molecular weight excluding hydrogens is 266 g/mol. The SMILES string of the molecule is CCOC(=O)c1nc(C)n(-c2c(C)cccc2CC)c1N. The summed E-state index contributed by atoms with van der Waals surface area (Å²) in [4.78, 5) is 16.2. The molecule has 112 valence electrons. The Kier molecular flexibility index (Phi) is 4.31. The summed E-state index contributed by atoms with van der Waals surface area (Å²) in [6, 6.07) is 6.11. The second kappa shape index (κ2) is 5.99. The van der Waals surface area contributed by atoms with Crippen molar-refractivity contribution in [2.75, 3.05) is 12.3 Å². The Morgan fingerprint density at radius 2 is 2.05 bits per heavy atom. The fraction of sp³-hybridized carbons (Fsp3) is 0.375. The summed E-state index contributed by atoms with van der Waals surface area (Å²) in [6.07, 6.45) is 0.878. The van der Waals surface area contributed by atoms with E-state index in [0.29, 0.717) is 18.2 Å². The number of anilines is 1. The number of aryl methyl sites for hydroxylation is 3. The van der Waals surface area contributed by atoms with E-state index in [0.717, 1.165) is 23.2 Å². The van der Waals surface area contributed by atoms with Crippen molar-refractivity contribution in [3.63, 3.8) is 0 Å². The molecule has 2 N–H and O–H groups in total. The first-order valence-electron chi connectivity index (χ1n) is 7.12. The molecule has 0 aliphatic rings. The maximum atomic E-state index is 11.9. The van der Waals surface area contributed by atoms with Gasteiger partial charge in [0.2, 0.25) is 0 Å². The minimum absolute atomic E-state index is 0.180. The van der Waals surface area contributed by atoms with Gasteiger partial charge in [-0.2, -0.15) is 0 Å². The largest absolute Gasteiger partial charge is 0.461 e. The highest BCUT2D eigenvalue weighted by atomic mass is 16.5. The topological polar surface area (TPSA) is 70.1 Å². The summed E-state index contributed by atoms with van der Waals surface area (Å²) < 4.78 is 6.84. The lowest BCUT2D eigenvalue weighted by Crippen LogP contribution is -2.11. The summed E-state index contributed by atoms with van der Waals surface area (Å²) >= 11 is 0. The lowest BCUT2D eigenvalue weighted by atomic mass is 10.1. The van der Waals surface area contributed by atoms with E-state index in [-0.39, 0.29) is 5.69 Å². The Hall–Kier alpha value is -2.30. The van der Waals surface area contributed by atoms with Crippen molar-refractivity contribution in [2.45, 2.75) is 34.1 Å². The zero-order valence-corrected chi connectivity index (χ0v) is 12.9. The molecule has 21 heavy (non-hydrogen) atoms. The molecule has 0 spiro atoms. The van der Waals surface area contributed by atoms with E-state index in [1.165, 1.54) is 0 Å². The molecule has 1 heterocycles. The number of carbonyl (C=O) groups is 1. The molecule has 2 rings (SSSR count). The molecule has 1 aromatic heterocycles. The van der Waals surface area contributed by atoms with Crippen LogP contribution in [0.1, 0.15) is 41.3 Å². The van der Waals surface area contributed by atoms with Crippen molar-refractivity contribution in [3.8, 4) is 5.69 Å². The fourth-order valence-electron chi connectivity index (χ4n) is 2.51. The summed E-state index contributed by atoms with van der Waals surface area (Å²) in [7, 11) is 0. The molecule has 0 unspecified atom stereocenters. The molecule has 1 aromatic carbocycles. The highest BCUT2D eigenvalue weighted by Crippen LogP contribution is 2.27. The van der Waals surface area contributed by atoms with Crippen LogP contribution in [-0.4, -0.2) is 22.1 Å². The van der Waals surface area contributed by atoms with Gasteiger partial charge in [0.15, 0.2) is 5.69 Å². The molecule has 0 aliphatic carbocycles. The Morgan fingerprint density at radius 3 is 2.67 bits per heavy atom. The monoisotopic (exact) mass is 287 g/mol. The van der Waals surface area contributed by atoms with E-state index in [9.17, 15) is 4.79 Å². The van der Waals surface area contributed by atoms with Crippen LogP contribution in [0.15, 0.2) is 18.2 Å². The molecule has 0 aliphatic heterocycles. The van der Waals surface area contributed by atoms with Crippen LogP contribution < -0.4 is 5.73 Å². The van der Waals surface area contributed by atoms with Gasteiger partial charge in [-0.25, -0.2) is 9.78 Å². The smallest absolute Gasteiger partial charge is 0.360 e. The lowest BCUT2D eigenvalue weighted by Gasteiger charge is -2.15. The third-order valence-corrected chi connectivity index (χ3v) is 3.48. The highest BCUT2D eigenvalue weighted by molar-refractivity contribution is 5.92. The predicted octanol–water partition coefficient (Wildman–Crippen LogP) is 2.81. The standard InChI is InChI=1S/C16H21N3O2/c1-5-12-9-7-8-10(3)14(12)19-11(4)18-13(15(19)17)16(20)21-6-2/h7-9H,5-6,17H2,1-4H3. The zero-order valence-electron chi connectivity index (χ0n) is 12.9. The minimum Gasteiger partial charge on any atom is -0.461 e. The molecule has 0 saturated heterocycles. The van der Waals surface area contributed by atoms with Crippen molar-refractivity contribution in [1.82, 2.24) is 9.55 Å². The molecule has 2 aromatic rings. The van der Waals surface area contributed by atoms with Gasteiger partial charge in [0.1, 0.15) is 11.6 Å². The van der Waals surface area contributed by atoms with Crippen molar-refractivity contribution >= 4 is 11.8 Å². The number of ether oxygens (including phenoxy) is 1. The van der Waals surface area contributed by atoms with E-state index in [1.54, 1.807) is 6.92 Å². The van der Waals surface area contributed by atoms with Gasteiger partial charge in [-0.15, -0.1) is 0 Å². The van der Waals surface area contributed by atoms with Crippen molar-refractivity contribution in [2.24, 2.45) is 0 Å². The average Bonchev–Trinajstić information content (AvgIpc) is 2.74. The second-order valence-electron chi connectivity index (χ2n) is 4.88. The quantitative estimate of drug-likeness (QED) is 0.878. The van der Waals surface area contributed by atoms with Crippen molar-refractivity contribution < 1.29 is 9.53 Å². The molecule has 0 saturated carbocycles. The van der Waals surface area contributed by atoms with E-state index in [4.69, 9.17) is 10.5 Å². The number of aromatic nitrogens is 2. The van der Waals surface area contributed by atoms with Crippen LogP contribution in [-0.2, 0) is 11.2 Å². The summed E-state index contributed by atoms with van der Waals surface area (Å²) in [6.45, 7) is 8.01. The van der Waals surface area contributed by atoms with Gasteiger partial charge in [-0.3, -0.25) is 4.57 Å². The van der Waals surface area contributed by atoms with Gasteiger partial charge >= 0.3 is 5.97 Å². The van der Waals surface area contributed by atoms with E-state index >= 15 is 0 Å². The van der Waals surface area contributed by atoms with Gasteiger partial charge in [-0.05, 0) is 38.3 Å². The van der Waals surface area contributed by atoms with Crippen LogP contribution in [0, 0.1) is 13.8 Å². The Balaban J connectivity index is 2.64. The number of imidazole rings is 1. The number of benzene rings is 1. The number of para-hydroxylation sites is 1. The van der Waals surface area contributed by atoms with Crippen LogP contribution >= 0.6 is 0 Å². The molecule has 0 amide bonds. The molecule has 0 fully saturated rings. The van der Waals surface area contributed by atoms with Crippen molar-refractivity contribution in [1.29, 1.82) is 0 Å². The number of hydrogen-bond acceptors (Lipinski definition) is 4. The van der Waals surface area contributed by atoms with Crippen LogP contribution in [0.2, 0.25) is 0 Å². The third-order valence-electron chi connectivity index (χ3n) is 3.48. The summed E-state index contributed by atoms with van der Waals surface area (Å²) in [5.74, 6) is 0.526. The fourth-order valence-corrected chi connectivity index (χ4v) is 2.51. The maximum Gasteiger partial charge on any atom is 0.360 e. The third kappa shape index (κ3) is 2.63. The van der Waals surface area contributed by atoms with Gasteiger partial charge in [-0.1, -0.05) is 25.1 Å². The molecule has 0 atom stereocenters.